The van der Waals surface area contributed by atoms with Crippen molar-refractivity contribution >= 4 is 28.2 Å². The highest BCUT2D eigenvalue weighted by Crippen LogP contribution is 2.19. The molecule has 2 heterocycles. The molecule has 0 fully saturated rings. The van der Waals surface area contributed by atoms with E-state index in [9.17, 15) is 4.79 Å². The Morgan fingerprint density at radius 1 is 1.13 bits per heavy atom. The summed E-state index contributed by atoms with van der Waals surface area (Å²) < 4.78 is 0. The van der Waals surface area contributed by atoms with Crippen LogP contribution in [-0.2, 0) is 6.42 Å². The number of carbonyl (C=O) groups excluding carboxylic acids is 1. The van der Waals surface area contributed by atoms with Crippen LogP contribution in [0.1, 0.15) is 60.9 Å². The summed E-state index contributed by atoms with van der Waals surface area (Å²) in [5, 5.41) is 12.1. The van der Waals surface area contributed by atoms with Gasteiger partial charge in [-0.1, -0.05) is 50.4 Å². The zero-order chi connectivity index (χ0) is 16.5. The standard InChI is InChI=1S/C15H22N6OS/c1-2-3-4-5-6-7-8-11-20-21-15(23-11)19-14(22)12-13(16)18-10-9-17-12/h9-10H,2-8H2,1H3,(H2,16,18)(H,19,21,22). The number of hydrogen-bond acceptors (Lipinski definition) is 7. The molecule has 2 aromatic heterocycles. The largest absolute Gasteiger partial charge is 0.382 e. The third-order valence-electron chi connectivity index (χ3n) is 3.37. The molecule has 0 bridgehead atoms. The lowest BCUT2D eigenvalue weighted by Gasteiger charge is -2.01. The minimum absolute atomic E-state index is 0.0974. The molecule has 0 saturated heterocycles. The summed E-state index contributed by atoms with van der Waals surface area (Å²) in [7, 11) is 0. The van der Waals surface area contributed by atoms with Crippen LogP contribution < -0.4 is 11.1 Å². The van der Waals surface area contributed by atoms with Crippen LogP contribution >= 0.6 is 11.3 Å². The van der Waals surface area contributed by atoms with Crippen molar-refractivity contribution in [1.29, 1.82) is 0 Å². The van der Waals surface area contributed by atoms with Crippen molar-refractivity contribution in [2.45, 2.75) is 51.9 Å². The van der Waals surface area contributed by atoms with Gasteiger partial charge >= 0.3 is 0 Å². The summed E-state index contributed by atoms with van der Waals surface area (Å²) in [5.41, 5.74) is 5.73. The fourth-order valence-corrected chi connectivity index (χ4v) is 2.92. The average Bonchev–Trinajstić information content (AvgIpc) is 2.98. The number of rotatable bonds is 9. The number of nitrogen functional groups attached to an aromatic ring is 1. The van der Waals surface area contributed by atoms with Gasteiger partial charge in [0.05, 0.1) is 0 Å². The van der Waals surface area contributed by atoms with Crippen molar-refractivity contribution in [3.05, 3.63) is 23.1 Å². The molecular formula is C15H22N6OS. The molecule has 0 aliphatic carbocycles. The Morgan fingerprint density at radius 3 is 2.65 bits per heavy atom. The Balaban J connectivity index is 1.78. The average molecular weight is 334 g/mol. The molecule has 0 aromatic carbocycles. The second-order valence-corrected chi connectivity index (χ2v) is 6.33. The lowest BCUT2D eigenvalue weighted by atomic mass is 10.1. The summed E-state index contributed by atoms with van der Waals surface area (Å²) in [5.74, 6) is -0.320. The van der Waals surface area contributed by atoms with Crippen molar-refractivity contribution in [2.75, 3.05) is 11.1 Å². The first-order chi connectivity index (χ1) is 11.2. The minimum atomic E-state index is -0.419. The van der Waals surface area contributed by atoms with Crippen molar-refractivity contribution in [1.82, 2.24) is 20.2 Å². The normalized spacial score (nSPS) is 10.7. The molecule has 124 valence electrons. The minimum Gasteiger partial charge on any atom is -0.382 e. The Kier molecular flexibility index (Phi) is 6.86. The van der Waals surface area contributed by atoms with E-state index in [1.54, 1.807) is 0 Å². The molecule has 0 radical (unpaired) electrons. The van der Waals surface area contributed by atoms with Crippen LogP contribution in [-0.4, -0.2) is 26.1 Å². The zero-order valence-corrected chi connectivity index (χ0v) is 14.1. The summed E-state index contributed by atoms with van der Waals surface area (Å²) in [6, 6.07) is 0. The fourth-order valence-electron chi connectivity index (χ4n) is 2.14. The number of nitrogens with one attached hydrogen (secondary N) is 1. The number of carbonyl (C=O) groups is 1. The van der Waals surface area contributed by atoms with Crippen molar-refractivity contribution in [2.24, 2.45) is 0 Å². The van der Waals surface area contributed by atoms with Crippen molar-refractivity contribution in [3.8, 4) is 0 Å². The van der Waals surface area contributed by atoms with E-state index in [1.807, 2.05) is 0 Å². The third-order valence-corrected chi connectivity index (χ3v) is 4.27. The smallest absolute Gasteiger partial charge is 0.279 e. The van der Waals surface area contributed by atoms with E-state index >= 15 is 0 Å². The molecule has 0 unspecified atom stereocenters. The second-order valence-electron chi connectivity index (χ2n) is 5.26. The highest BCUT2D eigenvalue weighted by atomic mass is 32.1. The molecule has 7 nitrogen and oxygen atoms in total. The van der Waals surface area contributed by atoms with Crippen LogP contribution in [0.2, 0.25) is 0 Å². The number of nitrogens with zero attached hydrogens (tertiary/aromatic N) is 4. The third kappa shape index (κ3) is 5.55. The molecule has 0 aliphatic rings. The molecule has 0 spiro atoms. The zero-order valence-electron chi connectivity index (χ0n) is 13.3. The Bertz CT molecular complexity index is 630. The quantitative estimate of drug-likeness (QED) is 0.683. The van der Waals surface area contributed by atoms with Crippen LogP contribution in [0, 0.1) is 0 Å². The van der Waals surface area contributed by atoms with Gasteiger partial charge in [0.15, 0.2) is 11.5 Å². The predicted molar refractivity (Wildman–Crippen MR) is 91.4 cm³/mol. The molecular weight excluding hydrogens is 312 g/mol. The summed E-state index contributed by atoms with van der Waals surface area (Å²) in [4.78, 5) is 19.8. The topological polar surface area (TPSA) is 107 Å². The van der Waals surface area contributed by atoms with E-state index in [1.165, 1.54) is 55.8 Å². The fraction of sp³-hybridized carbons (Fsp3) is 0.533. The van der Waals surface area contributed by atoms with E-state index in [-0.39, 0.29) is 11.5 Å². The van der Waals surface area contributed by atoms with Gasteiger partial charge in [0.2, 0.25) is 5.13 Å². The number of aromatic nitrogens is 4. The Labute approximate surface area is 139 Å². The lowest BCUT2D eigenvalue weighted by Crippen LogP contribution is -2.16. The number of amides is 1. The van der Waals surface area contributed by atoms with Crippen LogP contribution in [0.3, 0.4) is 0 Å². The number of hydrogen-bond donors (Lipinski definition) is 2. The Hall–Kier alpha value is -2.09. The van der Waals surface area contributed by atoms with E-state index in [0.29, 0.717) is 5.13 Å². The predicted octanol–water partition coefficient (Wildman–Crippen LogP) is 3.07. The first-order valence-corrected chi connectivity index (χ1v) is 8.72. The maximum atomic E-state index is 12.1. The summed E-state index contributed by atoms with van der Waals surface area (Å²) >= 11 is 1.39. The Morgan fingerprint density at radius 2 is 1.87 bits per heavy atom. The van der Waals surface area contributed by atoms with Gasteiger partial charge < -0.3 is 5.73 Å². The molecule has 2 rings (SSSR count). The first kappa shape index (κ1) is 17.3. The van der Waals surface area contributed by atoms with Crippen LogP contribution in [0.15, 0.2) is 12.4 Å². The van der Waals surface area contributed by atoms with Crippen LogP contribution in [0.25, 0.3) is 0 Å². The molecule has 0 saturated carbocycles. The van der Waals surface area contributed by atoms with E-state index in [2.05, 4.69) is 32.4 Å². The maximum Gasteiger partial charge on any atom is 0.279 e. The van der Waals surface area contributed by atoms with Gasteiger partial charge in [-0.2, -0.15) is 0 Å². The van der Waals surface area contributed by atoms with Crippen molar-refractivity contribution < 1.29 is 4.79 Å². The SMILES string of the molecule is CCCCCCCCc1nnc(NC(=O)c2nccnc2N)s1. The van der Waals surface area contributed by atoms with Gasteiger partial charge in [-0.05, 0) is 6.42 Å². The molecule has 3 N–H and O–H groups in total. The van der Waals surface area contributed by atoms with Gasteiger partial charge in [-0.15, -0.1) is 10.2 Å². The van der Waals surface area contributed by atoms with Gasteiger partial charge in [-0.25, -0.2) is 9.97 Å². The monoisotopic (exact) mass is 334 g/mol. The van der Waals surface area contributed by atoms with E-state index in [0.717, 1.165) is 17.8 Å². The van der Waals surface area contributed by atoms with Gasteiger partial charge in [0.25, 0.3) is 5.91 Å². The van der Waals surface area contributed by atoms with Crippen molar-refractivity contribution in [3.63, 3.8) is 0 Å². The number of nitrogens with two attached hydrogens (primary N) is 1. The summed E-state index contributed by atoms with van der Waals surface area (Å²) in [6.07, 6.45) is 11.2. The summed E-state index contributed by atoms with van der Waals surface area (Å²) in [6.45, 7) is 2.21. The first-order valence-electron chi connectivity index (χ1n) is 7.91. The molecule has 0 aliphatic heterocycles. The van der Waals surface area contributed by atoms with Gasteiger partial charge in [0.1, 0.15) is 5.01 Å². The highest BCUT2D eigenvalue weighted by molar-refractivity contribution is 7.15. The molecule has 2 aromatic rings. The van der Waals surface area contributed by atoms with Gasteiger partial charge in [0, 0.05) is 18.8 Å². The number of aryl methyl sites for hydroxylation is 1. The van der Waals surface area contributed by atoms with Gasteiger partial charge in [-0.3, -0.25) is 10.1 Å². The molecule has 0 atom stereocenters. The second kappa shape index (κ2) is 9.14. The van der Waals surface area contributed by atoms with E-state index in [4.69, 9.17) is 5.73 Å². The molecule has 23 heavy (non-hydrogen) atoms. The lowest BCUT2D eigenvalue weighted by molar-refractivity contribution is 0.102. The highest BCUT2D eigenvalue weighted by Gasteiger charge is 2.14. The maximum absolute atomic E-state index is 12.1. The van der Waals surface area contributed by atoms with E-state index < -0.39 is 5.91 Å². The molecule has 8 heteroatoms. The van der Waals surface area contributed by atoms with Crippen LogP contribution in [0.4, 0.5) is 10.9 Å². The van der Waals surface area contributed by atoms with Crippen LogP contribution in [0.5, 0.6) is 0 Å². The number of anilines is 2. The molecule has 1 amide bonds. The number of unbranched alkanes of at least 4 members (excludes halogenated alkanes) is 5.